The summed E-state index contributed by atoms with van der Waals surface area (Å²) in [5.41, 5.74) is 2.53. The molecule has 0 atom stereocenters. The number of nitrogens with one attached hydrogen (secondary N) is 1. The Balaban J connectivity index is 1.80. The van der Waals surface area contributed by atoms with Gasteiger partial charge in [0, 0.05) is 25.4 Å². The fourth-order valence-electron chi connectivity index (χ4n) is 2.03. The largest absolute Gasteiger partial charge is 0.486 e. The number of fused-ring (bicyclic) bond motifs is 1. The first-order valence-electron chi connectivity index (χ1n) is 5.85. The first-order chi connectivity index (χ1) is 9.13. The molecule has 2 heterocycles. The highest BCUT2D eigenvalue weighted by atomic mass is 79.9. The maximum atomic E-state index is 11.5. The molecule has 3 rings (SSSR count). The second-order valence-electron chi connectivity index (χ2n) is 4.39. The summed E-state index contributed by atoms with van der Waals surface area (Å²) >= 11 is 3.43. The number of aryl methyl sites for hydroxylation is 1. The summed E-state index contributed by atoms with van der Waals surface area (Å²) < 4.78 is 8.25. The van der Waals surface area contributed by atoms with E-state index in [4.69, 9.17) is 4.74 Å². The van der Waals surface area contributed by atoms with E-state index in [0.717, 1.165) is 21.5 Å². The van der Waals surface area contributed by atoms with Crippen molar-refractivity contribution >= 4 is 21.8 Å². The van der Waals surface area contributed by atoms with Crippen molar-refractivity contribution in [3.63, 3.8) is 0 Å². The summed E-state index contributed by atoms with van der Waals surface area (Å²) in [5, 5.41) is 7.04. The molecule has 6 heteroatoms. The SMILES string of the molecule is Cn1ccc(COc2cc3c(cc2Br)C(=O)NC3)n1. The van der Waals surface area contributed by atoms with Gasteiger partial charge in [-0.05, 0) is 39.7 Å². The molecule has 19 heavy (non-hydrogen) atoms. The number of carbonyl (C=O) groups excluding carboxylic acids is 1. The number of benzene rings is 1. The molecular weight excluding hydrogens is 310 g/mol. The van der Waals surface area contributed by atoms with Crippen molar-refractivity contribution in [3.05, 3.63) is 45.7 Å². The molecule has 1 N–H and O–H groups in total. The van der Waals surface area contributed by atoms with Crippen LogP contribution in [0.3, 0.4) is 0 Å². The topological polar surface area (TPSA) is 56.1 Å². The number of rotatable bonds is 3. The molecule has 0 aliphatic carbocycles. The van der Waals surface area contributed by atoms with Crippen molar-refractivity contribution in [2.24, 2.45) is 7.05 Å². The highest BCUT2D eigenvalue weighted by Crippen LogP contribution is 2.31. The van der Waals surface area contributed by atoms with E-state index in [1.54, 1.807) is 10.7 Å². The lowest BCUT2D eigenvalue weighted by atomic mass is 10.1. The van der Waals surface area contributed by atoms with E-state index in [2.05, 4.69) is 26.3 Å². The number of halogens is 1. The normalized spacial score (nSPS) is 13.3. The van der Waals surface area contributed by atoms with Crippen LogP contribution in [0, 0.1) is 0 Å². The summed E-state index contributed by atoms with van der Waals surface area (Å²) in [7, 11) is 1.87. The Morgan fingerprint density at radius 2 is 2.37 bits per heavy atom. The summed E-state index contributed by atoms with van der Waals surface area (Å²) in [4.78, 5) is 11.5. The van der Waals surface area contributed by atoms with Crippen LogP contribution in [0.5, 0.6) is 5.75 Å². The molecule has 5 nitrogen and oxygen atoms in total. The van der Waals surface area contributed by atoms with E-state index in [1.807, 2.05) is 25.4 Å². The second-order valence-corrected chi connectivity index (χ2v) is 5.25. The minimum atomic E-state index is -0.0352. The molecule has 0 fully saturated rings. The average Bonchev–Trinajstić information content (AvgIpc) is 2.94. The van der Waals surface area contributed by atoms with Crippen LogP contribution in [-0.2, 0) is 20.2 Å². The molecule has 1 aromatic carbocycles. The monoisotopic (exact) mass is 321 g/mol. The summed E-state index contributed by atoms with van der Waals surface area (Å²) in [6.45, 7) is 0.959. The first kappa shape index (κ1) is 12.2. The molecule has 1 aliphatic rings. The number of hydrogen-bond acceptors (Lipinski definition) is 3. The van der Waals surface area contributed by atoms with Crippen molar-refractivity contribution in [3.8, 4) is 5.75 Å². The van der Waals surface area contributed by atoms with Gasteiger partial charge in [-0.1, -0.05) is 0 Å². The molecule has 98 valence electrons. The van der Waals surface area contributed by atoms with Crippen LogP contribution in [0.1, 0.15) is 21.6 Å². The summed E-state index contributed by atoms with van der Waals surface area (Å²) in [6.07, 6.45) is 1.87. The zero-order chi connectivity index (χ0) is 13.4. The Kier molecular flexibility index (Phi) is 3.02. The highest BCUT2D eigenvalue weighted by Gasteiger charge is 2.21. The quantitative estimate of drug-likeness (QED) is 0.940. The van der Waals surface area contributed by atoms with Crippen molar-refractivity contribution in [1.82, 2.24) is 15.1 Å². The van der Waals surface area contributed by atoms with Gasteiger partial charge >= 0.3 is 0 Å². The third kappa shape index (κ3) is 2.35. The minimum absolute atomic E-state index is 0.0352. The van der Waals surface area contributed by atoms with Gasteiger partial charge in [-0.3, -0.25) is 9.48 Å². The van der Waals surface area contributed by atoms with Gasteiger partial charge in [0.15, 0.2) is 0 Å². The summed E-state index contributed by atoms with van der Waals surface area (Å²) in [6, 6.07) is 5.60. The first-order valence-corrected chi connectivity index (χ1v) is 6.65. The Hall–Kier alpha value is -1.82. The second kappa shape index (κ2) is 4.70. The predicted molar refractivity (Wildman–Crippen MR) is 72.9 cm³/mol. The average molecular weight is 322 g/mol. The van der Waals surface area contributed by atoms with E-state index in [-0.39, 0.29) is 5.91 Å². The molecule has 1 aromatic heterocycles. The predicted octanol–water partition coefficient (Wildman–Crippen LogP) is 2.00. The van der Waals surface area contributed by atoms with Gasteiger partial charge < -0.3 is 10.1 Å². The number of amides is 1. The van der Waals surface area contributed by atoms with Crippen molar-refractivity contribution in [2.45, 2.75) is 13.2 Å². The van der Waals surface area contributed by atoms with E-state index in [1.165, 1.54) is 0 Å². The van der Waals surface area contributed by atoms with Gasteiger partial charge in [0.25, 0.3) is 5.91 Å². The van der Waals surface area contributed by atoms with E-state index in [9.17, 15) is 4.79 Å². The van der Waals surface area contributed by atoms with Gasteiger partial charge in [0.1, 0.15) is 12.4 Å². The maximum Gasteiger partial charge on any atom is 0.251 e. The van der Waals surface area contributed by atoms with Crippen LogP contribution < -0.4 is 10.1 Å². The molecule has 1 amide bonds. The third-order valence-electron chi connectivity index (χ3n) is 2.99. The number of aromatic nitrogens is 2. The molecule has 0 spiro atoms. The van der Waals surface area contributed by atoms with Crippen LogP contribution in [-0.4, -0.2) is 15.7 Å². The minimum Gasteiger partial charge on any atom is -0.486 e. The van der Waals surface area contributed by atoms with Crippen LogP contribution >= 0.6 is 15.9 Å². The number of ether oxygens (including phenoxy) is 1. The standard InChI is InChI=1S/C13H12BrN3O2/c1-17-3-2-9(16-17)7-19-12-4-8-6-15-13(18)10(8)5-11(12)14/h2-5H,6-7H2,1H3,(H,15,18). The Bertz CT molecular complexity index is 651. The highest BCUT2D eigenvalue weighted by molar-refractivity contribution is 9.10. The van der Waals surface area contributed by atoms with Gasteiger partial charge in [-0.2, -0.15) is 5.10 Å². The van der Waals surface area contributed by atoms with Crippen LogP contribution in [0.25, 0.3) is 0 Å². The molecule has 0 saturated carbocycles. The fraction of sp³-hybridized carbons (Fsp3) is 0.231. The number of nitrogens with zero attached hydrogens (tertiary/aromatic N) is 2. The van der Waals surface area contributed by atoms with E-state index >= 15 is 0 Å². The van der Waals surface area contributed by atoms with Crippen LogP contribution in [0.2, 0.25) is 0 Å². The Labute approximate surface area is 118 Å². The fourth-order valence-corrected chi connectivity index (χ4v) is 2.48. The molecular formula is C13H12BrN3O2. The number of carbonyl (C=O) groups is 1. The molecule has 1 aliphatic heterocycles. The van der Waals surface area contributed by atoms with Crippen molar-refractivity contribution in [1.29, 1.82) is 0 Å². The lowest BCUT2D eigenvalue weighted by molar-refractivity contribution is 0.0965. The van der Waals surface area contributed by atoms with Crippen LogP contribution in [0.4, 0.5) is 0 Å². The van der Waals surface area contributed by atoms with E-state index in [0.29, 0.717) is 18.7 Å². The van der Waals surface area contributed by atoms with Crippen molar-refractivity contribution in [2.75, 3.05) is 0 Å². The lowest BCUT2D eigenvalue weighted by Gasteiger charge is -2.08. The number of hydrogen-bond donors (Lipinski definition) is 1. The molecule has 0 radical (unpaired) electrons. The molecule has 0 bridgehead atoms. The van der Waals surface area contributed by atoms with Crippen molar-refractivity contribution < 1.29 is 9.53 Å². The molecule has 2 aromatic rings. The third-order valence-corrected chi connectivity index (χ3v) is 3.61. The van der Waals surface area contributed by atoms with Crippen LogP contribution in [0.15, 0.2) is 28.9 Å². The van der Waals surface area contributed by atoms with Gasteiger partial charge in [-0.15, -0.1) is 0 Å². The van der Waals surface area contributed by atoms with E-state index < -0.39 is 0 Å². The molecule has 0 unspecified atom stereocenters. The summed E-state index contributed by atoms with van der Waals surface area (Å²) in [5.74, 6) is 0.688. The molecule has 0 saturated heterocycles. The maximum absolute atomic E-state index is 11.5. The van der Waals surface area contributed by atoms with Gasteiger partial charge in [-0.25, -0.2) is 0 Å². The zero-order valence-corrected chi connectivity index (χ0v) is 11.9. The smallest absolute Gasteiger partial charge is 0.251 e. The van der Waals surface area contributed by atoms with Gasteiger partial charge in [0.05, 0.1) is 10.2 Å². The van der Waals surface area contributed by atoms with Gasteiger partial charge in [0.2, 0.25) is 0 Å². The lowest BCUT2D eigenvalue weighted by Crippen LogP contribution is -2.12. The Morgan fingerprint density at radius 3 is 3.11 bits per heavy atom. The zero-order valence-electron chi connectivity index (χ0n) is 10.3. The Morgan fingerprint density at radius 1 is 1.53 bits per heavy atom.